The van der Waals surface area contributed by atoms with Crippen molar-refractivity contribution in [3.8, 4) is 11.1 Å². The molecule has 30 heavy (non-hydrogen) atoms. The zero-order valence-corrected chi connectivity index (χ0v) is 17.4. The minimum Gasteiger partial charge on any atom is -0.368 e. The molecule has 1 aliphatic heterocycles. The smallest absolute Gasteiger partial charge is 0.282 e. The molecule has 0 unspecified atom stereocenters. The minimum atomic E-state index is -2.74. The molecule has 0 bridgehead atoms. The number of hydrogen-bond acceptors (Lipinski definition) is 4. The van der Waals surface area contributed by atoms with Crippen LogP contribution in [0.3, 0.4) is 0 Å². The summed E-state index contributed by atoms with van der Waals surface area (Å²) < 4.78 is 26.6. The highest BCUT2D eigenvalue weighted by molar-refractivity contribution is 6.30. The predicted molar refractivity (Wildman–Crippen MR) is 112 cm³/mol. The SMILES string of the molecule is CC(C)C[C@H](NC(=O)c1ncc(N2CC(F)(F)C2)cc1-c1cccc(Cl)c1)C(N)=O. The fourth-order valence-electron chi connectivity index (χ4n) is 3.32. The number of nitrogens with two attached hydrogens (primary N) is 1. The normalized spacial score (nSPS) is 16.1. The van der Waals surface area contributed by atoms with Crippen LogP contribution in [0.2, 0.25) is 5.02 Å². The first kappa shape index (κ1) is 22.0. The Labute approximate surface area is 178 Å². The summed E-state index contributed by atoms with van der Waals surface area (Å²) >= 11 is 6.10. The fourth-order valence-corrected chi connectivity index (χ4v) is 3.51. The molecule has 0 spiro atoms. The van der Waals surface area contributed by atoms with Gasteiger partial charge in [0, 0.05) is 10.6 Å². The van der Waals surface area contributed by atoms with E-state index in [-0.39, 0.29) is 11.6 Å². The zero-order valence-electron chi connectivity index (χ0n) is 16.7. The number of pyridine rings is 1. The Morgan fingerprint density at radius 2 is 2.00 bits per heavy atom. The maximum Gasteiger partial charge on any atom is 0.282 e. The molecule has 160 valence electrons. The Hall–Kier alpha value is -2.74. The first-order valence-electron chi connectivity index (χ1n) is 9.54. The number of benzene rings is 1. The van der Waals surface area contributed by atoms with Crippen LogP contribution in [-0.2, 0) is 4.79 Å². The van der Waals surface area contributed by atoms with Crippen LogP contribution in [0.15, 0.2) is 36.5 Å². The third-order valence-corrected chi connectivity index (χ3v) is 5.02. The lowest BCUT2D eigenvalue weighted by Gasteiger charge is -2.40. The minimum absolute atomic E-state index is 0.0586. The van der Waals surface area contributed by atoms with Gasteiger partial charge in [0.05, 0.1) is 25.0 Å². The van der Waals surface area contributed by atoms with Crippen molar-refractivity contribution in [2.45, 2.75) is 32.2 Å². The van der Waals surface area contributed by atoms with E-state index >= 15 is 0 Å². The van der Waals surface area contributed by atoms with Gasteiger partial charge in [0.25, 0.3) is 11.8 Å². The van der Waals surface area contributed by atoms with E-state index in [1.165, 1.54) is 11.1 Å². The third kappa shape index (κ3) is 5.05. The first-order valence-corrected chi connectivity index (χ1v) is 9.92. The van der Waals surface area contributed by atoms with Crippen LogP contribution in [0, 0.1) is 5.92 Å². The van der Waals surface area contributed by atoms with Crippen LogP contribution in [0.4, 0.5) is 14.5 Å². The molecule has 3 N–H and O–H groups in total. The van der Waals surface area contributed by atoms with E-state index in [9.17, 15) is 18.4 Å². The van der Waals surface area contributed by atoms with Gasteiger partial charge in [0.15, 0.2) is 0 Å². The third-order valence-electron chi connectivity index (χ3n) is 4.79. The van der Waals surface area contributed by atoms with Crippen molar-refractivity contribution < 1.29 is 18.4 Å². The van der Waals surface area contributed by atoms with Gasteiger partial charge in [-0.3, -0.25) is 9.59 Å². The van der Waals surface area contributed by atoms with Crippen LogP contribution < -0.4 is 16.0 Å². The van der Waals surface area contributed by atoms with Gasteiger partial charge in [-0.15, -0.1) is 0 Å². The molecular weight excluding hydrogens is 414 g/mol. The lowest BCUT2D eigenvalue weighted by Crippen LogP contribution is -2.56. The van der Waals surface area contributed by atoms with E-state index in [4.69, 9.17) is 17.3 Å². The summed E-state index contributed by atoms with van der Waals surface area (Å²) in [4.78, 5) is 30.4. The van der Waals surface area contributed by atoms with E-state index in [0.717, 1.165) is 0 Å². The average Bonchev–Trinajstić information content (AvgIpc) is 2.64. The van der Waals surface area contributed by atoms with Crippen molar-refractivity contribution in [1.82, 2.24) is 10.3 Å². The summed E-state index contributed by atoms with van der Waals surface area (Å²) in [7, 11) is 0. The van der Waals surface area contributed by atoms with Gasteiger partial charge in [-0.05, 0) is 36.1 Å². The Kier molecular flexibility index (Phi) is 6.26. The van der Waals surface area contributed by atoms with Crippen molar-refractivity contribution >= 4 is 29.1 Å². The summed E-state index contributed by atoms with van der Waals surface area (Å²) in [6.07, 6.45) is 1.76. The summed E-state index contributed by atoms with van der Waals surface area (Å²) in [6.45, 7) is 3.01. The van der Waals surface area contributed by atoms with Crippen molar-refractivity contribution in [2.24, 2.45) is 11.7 Å². The number of primary amides is 1. The Morgan fingerprint density at radius 3 is 2.57 bits per heavy atom. The number of carbonyl (C=O) groups is 2. The molecule has 1 fully saturated rings. The maximum absolute atomic E-state index is 13.3. The maximum atomic E-state index is 13.3. The number of aromatic nitrogens is 1. The summed E-state index contributed by atoms with van der Waals surface area (Å²) in [5.74, 6) is -3.81. The number of amides is 2. The topological polar surface area (TPSA) is 88.3 Å². The number of alkyl halides is 2. The highest BCUT2D eigenvalue weighted by atomic mass is 35.5. The molecule has 3 rings (SSSR count). The number of anilines is 1. The number of halogens is 3. The van der Waals surface area contributed by atoms with Crippen LogP contribution in [0.5, 0.6) is 0 Å². The number of rotatable bonds is 7. The Morgan fingerprint density at radius 1 is 1.30 bits per heavy atom. The molecule has 0 aliphatic carbocycles. The van der Waals surface area contributed by atoms with Gasteiger partial charge >= 0.3 is 0 Å². The van der Waals surface area contributed by atoms with Gasteiger partial charge in [0.1, 0.15) is 11.7 Å². The van der Waals surface area contributed by atoms with Gasteiger partial charge in [0.2, 0.25) is 5.91 Å². The Balaban J connectivity index is 1.96. The van der Waals surface area contributed by atoms with E-state index < -0.39 is 36.9 Å². The predicted octanol–water partition coefficient (Wildman–Crippen LogP) is 3.49. The molecule has 6 nitrogen and oxygen atoms in total. The van der Waals surface area contributed by atoms with E-state index in [0.29, 0.717) is 28.3 Å². The lowest BCUT2D eigenvalue weighted by molar-refractivity contribution is -0.120. The number of carbonyl (C=O) groups excluding carboxylic acids is 2. The number of hydrogen-bond donors (Lipinski definition) is 2. The number of nitrogens with one attached hydrogen (secondary N) is 1. The molecular formula is C21H23ClF2N4O2. The summed E-state index contributed by atoms with van der Waals surface area (Å²) in [5, 5.41) is 3.09. The van der Waals surface area contributed by atoms with Crippen LogP contribution in [0.1, 0.15) is 30.8 Å². The molecule has 9 heteroatoms. The van der Waals surface area contributed by atoms with Crippen molar-refractivity contribution in [3.05, 3.63) is 47.2 Å². The quantitative estimate of drug-likeness (QED) is 0.695. The molecule has 2 amide bonds. The molecule has 0 radical (unpaired) electrons. The molecule has 1 atom stereocenters. The van der Waals surface area contributed by atoms with Crippen molar-refractivity contribution in [1.29, 1.82) is 0 Å². The van der Waals surface area contributed by atoms with Crippen molar-refractivity contribution in [2.75, 3.05) is 18.0 Å². The molecule has 2 heterocycles. The van der Waals surface area contributed by atoms with E-state index in [2.05, 4.69) is 10.3 Å². The largest absolute Gasteiger partial charge is 0.368 e. The monoisotopic (exact) mass is 436 g/mol. The number of nitrogens with zero attached hydrogens (tertiary/aromatic N) is 2. The van der Waals surface area contributed by atoms with Gasteiger partial charge in [-0.2, -0.15) is 0 Å². The van der Waals surface area contributed by atoms with Crippen molar-refractivity contribution in [3.63, 3.8) is 0 Å². The standard InChI is InChI=1S/C21H23ClF2N4O2/c1-12(2)6-17(19(25)29)27-20(30)18-16(13-4-3-5-14(22)7-13)8-15(9-26-18)28-10-21(23,24)11-28/h3-5,7-9,12,17H,6,10-11H2,1-2H3,(H2,25,29)(H,27,30)/t17-/m0/s1. The highest BCUT2D eigenvalue weighted by Crippen LogP contribution is 2.35. The first-order chi connectivity index (χ1) is 14.1. The molecule has 1 aliphatic rings. The highest BCUT2D eigenvalue weighted by Gasteiger charge is 2.44. The molecule has 2 aromatic rings. The average molecular weight is 437 g/mol. The Bertz CT molecular complexity index is 960. The molecule has 1 saturated heterocycles. The second kappa shape index (κ2) is 8.55. The molecule has 0 saturated carbocycles. The molecule has 1 aromatic heterocycles. The van der Waals surface area contributed by atoms with Crippen LogP contribution >= 0.6 is 11.6 Å². The second-order valence-corrected chi connectivity index (χ2v) is 8.31. The molecule has 1 aromatic carbocycles. The second-order valence-electron chi connectivity index (χ2n) is 7.87. The van der Waals surface area contributed by atoms with Gasteiger partial charge in [-0.25, -0.2) is 13.8 Å². The lowest BCUT2D eigenvalue weighted by atomic mass is 10.00. The van der Waals surface area contributed by atoms with Gasteiger partial charge in [-0.1, -0.05) is 37.6 Å². The zero-order chi connectivity index (χ0) is 22.1. The van der Waals surface area contributed by atoms with Gasteiger partial charge < -0.3 is 16.0 Å². The summed E-state index contributed by atoms with van der Waals surface area (Å²) in [6, 6.07) is 7.58. The van der Waals surface area contributed by atoms with E-state index in [1.807, 2.05) is 13.8 Å². The van der Waals surface area contributed by atoms with Crippen LogP contribution in [0.25, 0.3) is 11.1 Å². The van der Waals surface area contributed by atoms with Crippen LogP contribution in [-0.4, -0.2) is 41.9 Å². The fraction of sp³-hybridized carbons (Fsp3) is 0.381. The van der Waals surface area contributed by atoms with E-state index in [1.54, 1.807) is 30.3 Å². The summed E-state index contributed by atoms with van der Waals surface area (Å²) in [5.41, 5.74) is 6.99.